The summed E-state index contributed by atoms with van der Waals surface area (Å²) in [5.41, 5.74) is 0. The summed E-state index contributed by atoms with van der Waals surface area (Å²) < 4.78 is 28.1. The van der Waals surface area contributed by atoms with Crippen LogP contribution in [0.15, 0.2) is 30.6 Å². The van der Waals surface area contributed by atoms with Gasteiger partial charge in [0.15, 0.2) is 12.4 Å². The number of aryl methyl sites for hydroxylation is 1. The Bertz CT molecular complexity index is 340. The fourth-order valence-electron chi connectivity index (χ4n) is 0.924. The minimum Gasteiger partial charge on any atom is -0.286 e. The number of rotatable bonds is 3. The van der Waals surface area contributed by atoms with Gasteiger partial charge in [-0.05, 0) is 0 Å². The van der Waals surface area contributed by atoms with E-state index in [-0.39, 0.29) is 0 Å². The Balaban J connectivity index is 0.000000336. The van der Waals surface area contributed by atoms with E-state index in [9.17, 15) is 8.42 Å². The lowest BCUT2D eigenvalue weighted by atomic mass is 10.3. The Morgan fingerprint density at radius 1 is 1.20 bits per heavy atom. The monoisotopic (exact) mass is 232 g/mol. The average Bonchev–Trinajstić information content (AvgIpc) is 2.14. The summed E-state index contributed by atoms with van der Waals surface area (Å²) >= 11 is 0. The van der Waals surface area contributed by atoms with Crippen molar-refractivity contribution >= 4 is 10.1 Å². The smallest absolute Gasteiger partial charge is 0.261 e. The van der Waals surface area contributed by atoms with E-state index in [0.29, 0.717) is 6.26 Å². The molecule has 0 aliphatic carbocycles. The molecule has 1 heterocycles. The molecule has 0 aliphatic heterocycles. The zero-order valence-electron chi connectivity index (χ0n) is 9.13. The van der Waals surface area contributed by atoms with Gasteiger partial charge in [0.1, 0.15) is 6.54 Å². The number of nitrogens with zero attached hydrogens (tertiary/aromatic N) is 1. The van der Waals surface area contributed by atoms with Crippen molar-refractivity contribution in [2.45, 2.75) is 26.3 Å². The second-order valence-electron chi connectivity index (χ2n) is 3.20. The fraction of sp³-hybridized carbons (Fsp3) is 0.500. The van der Waals surface area contributed by atoms with Crippen LogP contribution in [-0.2, 0) is 16.7 Å². The summed E-state index contributed by atoms with van der Waals surface area (Å²) in [6.45, 7) is 3.36. The van der Waals surface area contributed by atoms with E-state index in [1.165, 1.54) is 12.8 Å². The normalized spacial score (nSPS) is 10.3. The molecule has 0 unspecified atom stereocenters. The summed E-state index contributed by atoms with van der Waals surface area (Å²) in [6, 6.07) is 6.17. The highest BCUT2D eigenvalue weighted by Crippen LogP contribution is 1.85. The van der Waals surface area contributed by atoms with E-state index in [4.69, 9.17) is 4.55 Å². The van der Waals surface area contributed by atoms with Gasteiger partial charge in [-0.25, -0.2) is 4.57 Å². The summed E-state index contributed by atoms with van der Waals surface area (Å²) in [5.74, 6) is 0. The van der Waals surface area contributed by atoms with Gasteiger partial charge in [-0.1, -0.05) is 19.4 Å². The third kappa shape index (κ3) is 13.1. The van der Waals surface area contributed by atoms with Gasteiger partial charge in [0.25, 0.3) is 10.1 Å². The molecular formula is C10H18NO3S+. The molecule has 0 bridgehead atoms. The minimum atomic E-state index is -3.67. The Hall–Kier alpha value is -0.940. The van der Waals surface area contributed by atoms with E-state index in [2.05, 4.69) is 36.0 Å². The van der Waals surface area contributed by atoms with Crippen LogP contribution >= 0.6 is 0 Å². The molecule has 0 amide bonds. The lowest BCUT2D eigenvalue weighted by Gasteiger charge is -1.91. The predicted octanol–water partition coefficient (Wildman–Crippen LogP) is 1.28. The van der Waals surface area contributed by atoms with Crippen molar-refractivity contribution in [2.24, 2.45) is 0 Å². The van der Waals surface area contributed by atoms with Crippen molar-refractivity contribution in [3.63, 3.8) is 0 Å². The van der Waals surface area contributed by atoms with E-state index in [0.717, 1.165) is 6.54 Å². The summed E-state index contributed by atoms with van der Waals surface area (Å²) in [4.78, 5) is 0. The quantitative estimate of drug-likeness (QED) is 0.631. The molecule has 4 nitrogen and oxygen atoms in total. The predicted molar refractivity (Wildman–Crippen MR) is 59.0 cm³/mol. The maximum Gasteiger partial charge on any atom is 0.261 e. The van der Waals surface area contributed by atoms with Crippen molar-refractivity contribution in [1.82, 2.24) is 0 Å². The SMILES string of the molecule is CCCC[n+]1ccccc1.CS(=O)(=O)O. The number of hydrogen-bond donors (Lipinski definition) is 1. The molecule has 0 saturated heterocycles. The van der Waals surface area contributed by atoms with Crippen molar-refractivity contribution in [1.29, 1.82) is 0 Å². The molecular weight excluding hydrogens is 214 g/mol. The molecule has 15 heavy (non-hydrogen) atoms. The molecule has 1 N–H and O–H groups in total. The fourth-order valence-corrected chi connectivity index (χ4v) is 0.924. The van der Waals surface area contributed by atoms with E-state index in [1.54, 1.807) is 0 Å². The summed E-state index contributed by atoms with van der Waals surface area (Å²) in [7, 11) is -3.67. The molecule has 0 aromatic carbocycles. The lowest BCUT2D eigenvalue weighted by molar-refractivity contribution is -0.697. The number of aromatic nitrogens is 1. The van der Waals surface area contributed by atoms with Crippen LogP contribution in [0.1, 0.15) is 19.8 Å². The number of pyridine rings is 1. The van der Waals surface area contributed by atoms with Crippen LogP contribution < -0.4 is 4.57 Å². The van der Waals surface area contributed by atoms with Gasteiger partial charge in [-0.3, -0.25) is 4.55 Å². The number of hydrogen-bond acceptors (Lipinski definition) is 2. The van der Waals surface area contributed by atoms with Gasteiger partial charge in [0.2, 0.25) is 0 Å². The molecule has 1 aromatic rings. The van der Waals surface area contributed by atoms with Crippen molar-refractivity contribution in [3.05, 3.63) is 30.6 Å². The van der Waals surface area contributed by atoms with Crippen LogP contribution in [0.2, 0.25) is 0 Å². The molecule has 0 atom stereocenters. The van der Waals surface area contributed by atoms with Crippen molar-refractivity contribution < 1.29 is 17.5 Å². The molecule has 0 spiro atoms. The Morgan fingerprint density at radius 3 is 2.07 bits per heavy atom. The topological polar surface area (TPSA) is 58.2 Å². The van der Waals surface area contributed by atoms with E-state index >= 15 is 0 Å². The Kier molecular flexibility index (Phi) is 6.90. The minimum absolute atomic E-state index is 0.715. The van der Waals surface area contributed by atoms with E-state index < -0.39 is 10.1 Å². The van der Waals surface area contributed by atoms with Crippen molar-refractivity contribution in [3.8, 4) is 0 Å². The summed E-state index contributed by atoms with van der Waals surface area (Å²) in [5, 5.41) is 0. The van der Waals surface area contributed by atoms with Gasteiger partial charge in [-0.15, -0.1) is 0 Å². The zero-order chi connectivity index (χ0) is 11.7. The van der Waals surface area contributed by atoms with Crippen molar-refractivity contribution in [2.75, 3.05) is 6.26 Å². The highest BCUT2D eigenvalue weighted by Gasteiger charge is 1.93. The average molecular weight is 232 g/mol. The highest BCUT2D eigenvalue weighted by atomic mass is 32.2. The Labute approximate surface area is 91.3 Å². The maximum absolute atomic E-state index is 9.19. The molecule has 0 radical (unpaired) electrons. The second-order valence-corrected chi connectivity index (χ2v) is 4.67. The second kappa shape index (κ2) is 7.36. The highest BCUT2D eigenvalue weighted by molar-refractivity contribution is 7.85. The van der Waals surface area contributed by atoms with Gasteiger partial charge in [-0.2, -0.15) is 8.42 Å². The first kappa shape index (κ1) is 14.1. The first-order valence-electron chi connectivity index (χ1n) is 4.80. The summed E-state index contributed by atoms with van der Waals surface area (Å²) in [6.07, 6.45) is 7.47. The maximum atomic E-state index is 9.19. The van der Waals surface area contributed by atoms with Crippen LogP contribution in [0.3, 0.4) is 0 Å². The molecule has 0 fully saturated rings. The third-order valence-corrected chi connectivity index (χ3v) is 1.55. The third-order valence-electron chi connectivity index (χ3n) is 1.55. The largest absolute Gasteiger partial charge is 0.286 e. The van der Waals surface area contributed by atoms with Gasteiger partial charge >= 0.3 is 0 Å². The standard InChI is InChI=1S/C9H14N.CH4O3S/c1-2-3-7-10-8-5-4-6-9-10;1-5(2,3)4/h4-6,8-9H,2-3,7H2,1H3;1H3,(H,2,3,4)/q+1;. The van der Waals surface area contributed by atoms with Gasteiger partial charge < -0.3 is 0 Å². The van der Waals surface area contributed by atoms with Crippen LogP contribution in [0, 0.1) is 0 Å². The molecule has 0 saturated carbocycles. The number of unbranched alkanes of at least 4 members (excludes halogenated alkanes) is 1. The first-order valence-corrected chi connectivity index (χ1v) is 6.65. The van der Waals surface area contributed by atoms with Gasteiger partial charge in [0, 0.05) is 18.6 Å². The van der Waals surface area contributed by atoms with Crippen LogP contribution in [-0.4, -0.2) is 19.2 Å². The molecule has 0 aliphatic rings. The molecule has 1 rings (SSSR count). The Morgan fingerprint density at radius 2 is 1.67 bits per heavy atom. The van der Waals surface area contributed by atoms with E-state index in [1.807, 2.05) is 6.07 Å². The van der Waals surface area contributed by atoms with Gasteiger partial charge in [0.05, 0.1) is 6.26 Å². The molecule has 86 valence electrons. The molecule has 5 heteroatoms. The molecule has 1 aromatic heterocycles. The van der Waals surface area contributed by atoms with Crippen LogP contribution in [0.4, 0.5) is 0 Å². The van der Waals surface area contributed by atoms with Crippen LogP contribution in [0.5, 0.6) is 0 Å². The first-order chi connectivity index (χ1) is 6.93. The lowest BCUT2D eigenvalue weighted by Crippen LogP contribution is -2.31. The zero-order valence-corrected chi connectivity index (χ0v) is 9.94. The van der Waals surface area contributed by atoms with Crippen LogP contribution in [0.25, 0.3) is 0 Å².